The molecule has 0 unspecified atom stereocenters. The minimum atomic E-state index is -1.37. The molecule has 1 aromatic carbocycles. The highest BCUT2D eigenvalue weighted by molar-refractivity contribution is 14.1. The van der Waals surface area contributed by atoms with E-state index < -0.39 is 24.5 Å². The highest BCUT2D eigenvalue weighted by Gasteiger charge is 2.21. The number of carboxylic acid groups (broad SMARTS) is 1. The molecular weight excluding hydrogens is 396 g/mol. The van der Waals surface area contributed by atoms with Crippen LogP contribution in [0, 0.1) is 3.57 Å². The smallest absolute Gasteiger partial charge is 0.328 e. The number of rotatable bonds is 4. The van der Waals surface area contributed by atoms with Gasteiger partial charge in [0.2, 0.25) is 0 Å². The van der Waals surface area contributed by atoms with E-state index in [0.29, 0.717) is 8.59 Å². The molecule has 1 atom stereocenters. The van der Waals surface area contributed by atoms with Gasteiger partial charge >= 0.3 is 5.97 Å². The van der Waals surface area contributed by atoms with Crippen LogP contribution in [0.25, 0.3) is 0 Å². The van der Waals surface area contributed by atoms with Crippen LogP contribution in [0.1, 0.15) is 10.4 Å². The zero-order valence-electron chi connectivity index (χ0n) is 8.78. The van der Waals surface area contributed by atoms with Gasteiger partial charge in [0.1, 0.15) is 0 Å². The van der Waals surface area contributed by atoms with E-state index in [4.69, 9.17) is 33.4 Å². The Morgan fingerprint density at radius 3 is 2.50 bits per heavy atom. The molecule has 5 nitrogen and oxygen atoms in total. The van der Waals surface area contributed by atoms with Crippen LogP contribution in [0.5, 0.6) is 0 Å². The van der Waals surface area contributed by atoms with E-state index >= 15 is 0 Å². The van der Waals surface area contributed by atoms with E-state index in [2.05, 4.69) is 5.32 Å². The van der Waals surface area contributed by atoms with E-state index in [1.54, 1.807) is 0 Å². The average molecular weight is 404 g/mol. The Balaban J connectivity index is 3.01. The topological polar surface area (TPSA) is 86.6 Å². The van der Waals surface area contributed by atoms with Crippen molar-refractivity contribution in [1.82, 2.24) is 5.32 Å². The molecule has 0 radical (unpaired) electrons. The largest absolute Gasteiger partial charge is 0.480 e. The van der Waals surface area contributed by atoms with Gasteiger partial charge in [0, 0.05) is 8.59 Å². The molecule has 0 saturated carbocycles. The van der Waals surface area contributed by atoms with Crippen LogP contribution in [0.4, 0.5) is 0 Å². The van der Waals surface area contributed by atoms with Crippen molar-refractivity contribution in [2.75, 3.05) is 6.61 Å². The predicted molar refractivity (Wildman–Crippen MR) is 75.2 cm³/mol. The number of benzene rings is 1. The molecule has 18 heavy (non-hydrogen) atoms. The van der Waals surface area contributed by atoms with Crippen molar-refractivity contribution in [3.63, 3.8) is 0 Å². The number of carbonyl (C=O) groups excluding carboxylic acids is 1. The minimum Gasteiger partial charge on any atom is -0.480 e. The fourth-order valence-corrected chi connectivity index (χ4v) is 2.19. The maximum Gasteiger partial charge on any atom is 0.328 e. The van der Waals surface area contributed by atoms with Gasteiger partial charge in [-0.3, -0.25) is 4.79 Å². The number of hydrogen-bond acceptors (Lipinski definition) is 3. The molecule has 0 fully saturated rings. The van der Waals surface area contributed by atoms with Gasteiger partial charge < -0.3 is 15.5 Å². The van der Waals surface area contributed by atoms with Gasteiger partial charge in [-0.15, -0.1) is 0 Å². The second-order valence-corrected chi connectivity index (χ2v) is 5.22. The number of carboxylic acids is 1. The van der Waals surface area contributed by atoms with Crippen molar-refractivity contribution in [1.29, 1.82) is 0 Å². The lowest BCUT2D eigenvalue weighted by Gasteiger charge is -2.13. The Morgan fingerprint density at radius 2 is 2.00 bits per heavy atom. The second-order valence-electron chi connectivity index (χ2n) is 3.30. The van der Waals surface area contributed by atoms with Crippen molar-refractivity contribution in [2.24, 2.45) is 0 Å². The quantitative estimate of drug-likeness (QED) is 0.528. The Labute approximate surface area is 126 Å². The van der Waals surface area contributed by atoms with Crippen molar-refractivity contribution in [3.8, 4) is 0 Å². The second kappa shape index (κ2) is 6.55. The summed E-state index contributed by atoms with van der Waals surface area (Å²) < 4.78 is 0.457. The summed E-state index contributed by atoms with van der Waals surface area (Å²) in [5, 5.41) is 20.3. The lowest BCUT2D eigenvalue weighted by Crippen LogP contribution is -2.43. The minimum absolute atomic E-state index is 0.160. The first kappa shape index (κ1) is 15.5. The van der Waals surface area contributed by atoms with Crippen molar-refractivity contribution >= 4 is 57.7 Å². The number of hydrogen-bond donors (Lipinski definition) is 3. The third-order valence-corrected chi connectivity index (χ3v) is 4.02. The van der Waals surface area contributed by atoms with E-state index in [-0.39, 0.29) is 10.6 Å². The lowest BCUT2D eigenvalue weighted by atomic mass is 10.2. The maximum atomic E-state index is 11.8. The summed E-state index contributed by atoms with van der Waals surface area (Å²) in [6, 6.07) is 1.48. The van der Waals surface area contributed by atoms with Gasteiger partial charge in [0.15, 0.2) is 6.04 Å². The summed E-state index contributed by atoms with van der Waals surface area (Å²) in [5.41, 5.74) is 0.160. The van der Waals surface area contributed by atoms with E-state index in [1.165, 1.54) is 12.1 Å². The maximum absolute atomic E-state index is 11.8. The van der Waals surface area contributed by atoms with Gasteiger partial charge in [-0.2, -0.15) is 0 Å². The Morgan fingerprint density at radius 1 is 1.39 bits per heavy atom. The molecule has 0 aliphatic heterocycles. The molecule has 1 rings (SSSR count). The molecule has 0 saturated heterocycles. The molecule has 0 heterocycles. The SMILES string of the molecule is O=C(N[C@H](CO)C(=O)O)c1cc(Cl)cc(Cl)c1I. The van der Waals surface area contributed by atoms with Crippen LogP contribution in [-0.4, -0.2) is 34.7 Å². The molecule has 1 aromatic rings. The van der Waals surface area contributed by atoms with Crippen LogP contribution >= 0.6 is 45.8 Å². The van der Waals surface area contributed by atoms with Crippen LogP contribution in [0.15, 0.2) is 12.1 Å². The molecular formula is C10H8Cl2INO4. The lowest BCUT2D eigenvalue weighted by molar-refractivity contribution is -0.140. The fourth-order valence-electron chi connectivity index (χ4n) is 1.14. The van der Waals surface area contributed by atoms with E-state index in [0.717, 1.165) is 0 Å². The van der Waals surface area contributed by atoms with Crippen molar-refractivity contribution < 1.29 is 19.8 Å². The third-order valence-electron chi connectivity index (χ3n) is 2.02. The molecule has 98 valence electrons. The third kappa shape index (κ3) is 3.71. The molecule has 1 amide bonds. The molecule has 0 aliphatic carbocycles. The number of aliphatic hydroxyl groups is 1. The van der Waals surface area contributed by atoms with E-state index in [9.17, 15) is 9.59 Å². The van der Waals surface area contributed by atoms with Gasteiger partial charge in [0.25, 0.3) is 5.91 Å². The summed E-state index contributed by atoms with van der Waals surface area (Å²) in [6.45, 7) is -0.702. The summed E-state index contributed by atoms with van der Waals surface area (Å²) >= 11 is 13.5. The first-order valence-corrected chi connectivity index (χ1v) is 6.49. The first-order chi connectivity index (χ1) is 8.36. The standard InChI is InChI=1S/C10H8Cl2INO4/c11-4-1-5(8(13)6(12)2-4)9(16)14-7(3-15)10(17)18/h1-2,7,15H,3H2,(H,14,16)(H,17,18)/t7-/m1/s1. The monoisotopic (exact) mass is 403 g/mol. The highest BCUT2D eigenvalue weighted by Crippen LogP contribution is 2.26. The van der Waals surface area contributed by atoms with Gasteiger partial charge in [-0.25, -0.2) is 4.79 Å². The van der Waals surface area contributed by atoms with Crippen LogP contribution in [-0.2, 0) is 4.79 Å². The van der Waals surface area contributed by atoms with Crippen LogP contribution in [0.3, 0.4) is 0 Å². The Hall–Kier alpha value is -0.570. The summed E-state index contributed by atoms with van der Waals surface area (Å²) in [6.07, 6.45) is 0. The normalized spacial score (nSPS) is 12.0. The van der Waals surface area contributed by atoms with Crippen molar-refractivity contribution in [2.45, 2.75) is 6.04 Å². The first-order valence-electron chi connectivity index (χ1n) is 4.66. The summed E-state index contributed by atoms with van der Waals surface area (Å²) in [5.74, 6) is -1.99. The number of halogens is 3. The zero-order chi connectivity index (χ0) is 13.9. The van der Waals surface area contributed by atoms with Crippen LogP contribution < -0.4 is 5.32 Å². The zero-order valence-corrected chi connectivity index (χ0v) is 12.5. The Bertz CT molecular complexity index is 495. The average Bonchev–Trinajstić information content (AvgIpc) is 2.29. The van der Waals surface area contributed by atoms with Gasteiger partial charge in [0.05, 0.1) is 17.2 Å². The summed E-state index contributed by atoms with van der Waals surface area (Å²) in [4.78, 5) is 22.5. The number of aliphatic hydroxyl groups excluding tert-OH is 1. The summed E-state index contributed by atoms with van der Waals surface area (Å²) in [7, 11) is 0. The molecule has 0 aromatic heterocycles. The number of amides is 1. The Kier molecular flexibility index (Phi) is 5.64. The molecule has 8 heteroatoms. The van der Waals surface area contributed by atoms with Crippen LogP contribution in [0.2, 0.25) is 10.0 Å². The molecule has 0 aliphatic rings. The predicted octanol–water partition coefficient (Wildman–Crippen LogP) is 1.77. The molecule has 3 N–H and O–H groups in total. The number of carbonyl (C=O) groups is 2. The fraction of sp³-hybridized carbons (Fsp3) is 0.200. The van der Waals surface area contributed by atoms with E-state index in [1.807, 2.05) is 22.6 Å². The highest BCUT2D eigenvalue weighted by atomic mass is 127. The number of aliphatic carboxylic acids is 1. The van der Waals surface area contributed by atoms with Gasteiger partial charge in [-0.1, -0.05) is 23.2 Å². The van der Waals surface area contributed by atoms with Crippen molar-refractivity contribution in [3.05, 3.63) is 31.3 Å². The van der Waals surface area contributed by atoms with Gasteiger partial charge in [-0.05, 0) is 34.7 Å². The molecule has 0 spiro atoms. The number of nitrogens with one attached hydrogen (secondary N) is 1. The molecule has 0 bridgehead atoms.